The van der Waals surface area contributed by atoms with Crippen molar-refractivity contribution in [3.63, 3.8) is 0 Å². The lowest BCUT2D eigenvalue weighted by atomic mass is 9.52. The Morgan fingerprint density at radius 3 is 0.875 bits per heavy atom. The monoisotopic (exact) mass is 1220 g/mol. The Morgan fingerprint density at radius 2 is 0.458 bits per heavy atom. The minimum absolute atomic E-state index is 0.601. The van der Waals surface area contributed by atoms with Gasteiger partial charge in [0.1, 0.15) is 0 Å². The second-order valence-electron chi connectivity index (χ2n) is 25.8. The van der Waals surface area contributed by atoms with Crippen LogP contribution >= 0.6 is 0 Å². The maximum absolute atomic E-state index is 5.59. The zero-order valence-electron chi connectivity index (χ0n) is 52.1. The van der Waals surface area contributed by atoms with Crippen molar-refractivity contribution in [1.82, 2.24) is 19.9 Å². The lowest BCUT2D eigenvalue weighted by molar-refractivity contribution is 0.633. The fourth-order valence-electron chi connectivity index (χ4n) is 17.0. The van der Waals surface area contributed by atoms with Gasteiger partial charge in [-0.3, -0.25) is 0 Å². The summed E-state index contributed by atoms with van der Waals surface area (Å²) in [4.78, 5) is 22.0. The average Bonchev–Trinajstić information content (AvgIpc) is 1.36. The smallest absolute Gasteiger partial charge is 0.0973 e. The maximum Gasteiger partial charge on any atom is 0.0973 e. The lowest BCUT2D eigenvalue weighted by Gasteiger charge is -2.49. The van der Waals surface area contributed by atoms with Crippen LogP contribution in [0.1, 0.15) is 44.5 Å². The summed E-state index contributed by atoms with van der Waals surface area (Å²) in [5.74, 6) is 0. The molecule has 15 aromatic carbocycles. The normalized spacial score (nSPS) is 13.4. The predicted molar refractivity (Wildman–Crippen MR) is 394 cm³/mol. The predicted octanol–water partition coefficient (Wildman–Crippen LogP) is 22.6. The Morgan fingerprint density at radius 1 is 0.167 bits per heavy atom. The van der Waals surface area contributed by atoms with Gasteiger partial charge in [0.05, 0.1) is 55.7 Å². The molecule has 17 aromatic rings. The molecule has 2 aromatic heterocycles. The third-order valence-electron chi connectivity index (χ3n) is 20.9. The molecule has 0 radical (unpaired) electrons. The molecule has 4 heteroatoms. The summed E-state index contributed by atoms with van der Waals surface area (Å²) in [5.41, 5.74) is 31.8. The topological polar surface area (TPSA) is 51.6 Å². The van der Waals surface area contributed by atoms with Gasteiger partial charge in [-0.05, 0) is 158 Å². The third-order valence-corrected chi connectivity index (χ3v) is 20.9. The number of benzene rings is 15. The molecule has 96 heavy (non-hydrogen) atoms. The van der Waals surface area contributed by atoms with Crippen LogP contribution < -0.4 is 0 Å². The Hall–Kier alpha value is -12.5. The Labute approximate surface area is 555 Å². The Kier molecular flexibility index (Phi) is 11.8. The quantitative estimate of drug-likeness (QED) is 0.149. The SMILES string of the molecule is c1ccc(-c2nc3ccc(-c4c5ccccc5c(-c5ccc6nc(-c7ccccc7)c(-c7ccccc7)nc6c5)c5cc(-c6ccc7c(c6)C6(c8ccccc8-c8ccccc86)c6ccccc6C76c7ccccc7-c7ccccc76)ccc45)cc3nc2-c2ccccc2)cc1. The van der Waals surface area contributed by atoms with E-state index in [2.05, 4.69) is 328 Å². The van der Waals surface area contributed by atoms with E-state index in [1.165, 1.54) is 66.8 Å². The van der Waals surface area contributed by atoms with Gasteiger partial charge in [0.25, 0.3) is 0 Å². The Bertz CT molecular complexity index is 5990. The van der Waals surface area contributed by atoms with Gasteiger partial charge in [-0.1, -0.05) is 303 Å². The highest BCUT2D eigenvalue weighted by Crippen LogP contribution is 2.68. The van der Waals surface area contributed by atoms with E-state index in [4.69, 9.17) is 19.9 Å². The molecule has 2 spiro atoms. The molecule has 444 valence electrons. The van der Waals surface area contributed by atoms with Gasteiger partial charge >= 0.3 is 0 Å². The highest BCUT2D eigenvalue weighted by atomic mass is 14.8. The van der Waals surface area contributed by atoms with E-state index in [0.717, 1.165) is 122 Å². The van der Waals surface area contributed by atoms with Crippen molar-refractivity contribution in [2.45, 2.75) is 10.8 Å². The molecule has 0 saturated heterocycles. The number of hydrogen-bond acceptors (Lipinski definition) is 4. The summed E-state index contributed by atoms with van der Waals surface area (Å²) in [6.07, 6.45) is 0. The average molecular weight is 1220 g/mol. The molecular weight excluding hydrogens is 1160 g/mol. The van der Waals surface area contributed by atoms with Gasteiger partial charge in [-0.2, -0.15) is 0 Å². The summed E-state index contributed by atoms with van der Waals surface area (Å²) >= 11 is 0. The lowest BCUT2D eigenvalue weighted by Crippen LogP contribution is -2.43. The van der Waals surface area contributed by atoms with E-state index in [1.807, 2.05) is 12.1 Å². The number of hydrogen-bond donors (Lipinski definition) is 0. The first kappa shape index (κ1) is 54.1. The summed E-state index contributed by atoms with van der Waals surface area (Å²) in [5, 5.41) is 4.51. The summed E-state index contributed by atoms with van der Waals surface area (Å²) < 4.78 is 0. The maximum atomic E-state index is 5.59. The number of aromatic nitrogens is 4. The van der Waals surface area contributed by atoms with Crippen molar-refractivity contribution >= 4 is 43.6 Å². The molecule has 0 N–H and O–H groups in total. The molecular formula is C92H56N4. The Balaban J connectivity index is 0.866. The van der Waals surface area contributed by atoms with Gasteiger partial charge in [0.15, 0.2) is 0 Å². The third kappa shape index (κ3) is 7.72. The van der Waals surface area contributed by atoms with Crippen molar-refractivity contribution in [1.29, 1.82) is 0 Å². The molecule has 2 heterocycles. The van der Waals surface area contributed by atoms with Crippen LogP contribution in [0.25, 0.3) is 144 Å². The minimum atomic E-state index is -0.648. The van der Waals surface area contributed by atoms with Gasteiger partial charge in [0, 0.05) is 22.3 Å². The molecule has 0 aliphatic heterocycles. The molecule has 3 aliphatic rings. The summed E-state index contributed by atoms with van der Waals surface area (Å²) in [7, 11) is 0. The van der Waals surface area contributed by atoms with Crippen LogP contribution in [0.15, 0.2) is 340 Å². The molecule has 0 fully saturated rings. The number of fused-ring (bicyclic) bond motifs is 20. The van der Waals surface area contributed by atoms with Crippen LogP contribution in [0.5, 0.6) is 0 Å². The van der Waals surface area contributed by atoms with E-state index in [1.54, 1.807) is 0 Å². The van der Waals surface area contributed by atoms with Gasteiger partial charge in [-0.25, -0.2) is 19.9 Å². The second-order valence-corrected chi connectivity index (χ2v) is 25.8. The minimum Gasteiger partial charge on any atom is -0.244 e. The molecule has 0 amide bonds. The van der Waals surface area contributed by atoms with Crippen LogP contribution in [0.3, 0.4) is 0 Å². The highest BCUT2D eigenvalue weighted by molar-refractivity contribution is 6.22. The van der Waals surface area contributed by atoms with E-state index in [0.29, 0.717) is 0 Å². The van der Waals surface area contributed by atoms with Crippen LogP contribution in [-0.4, -0.2) is 19.9 Å². The standard InChI is InChI=1S/C92H56N4/c1-5-25-57(26-6-1)87-89(59-29-9-3-10-30-59)95-83-55-63(47-51-81(83)93-87)85-69-37-13-14-38-70(69)86(64-48-52-82-84(56-64)96-90(60-31-11-4-12-32-60)88(94-82)58-27-7-2-8-28-58)72-53-61(45-49-71(72)85)62-46-50-79-80(54-62)92(75-41-21-17-35-67(75)68-36-18-22-42-76(68)92)78-44-24-23-43-77(78)91(79)73-39-19-15-33-65(73)66-34-16-20-40-74(66)91/h1-56H. The van der Waals surface area contributed by atoms with Crippen molar-refractivity contribution in [2.75, 3.05) is 0 Å². The molecule has 0 atom stereocenters. The van der Waals surface area contributed by atoms with E-state index < -0.39 is 10.8 Å². The van der Waals surface area contributed by atoms with Crippen molar-refractivity contribution in [2.24, 2.45) is 0 Å². The second kappa shape index (κ2) is 21.0. The molecule has 3 aliphatic carbocycles. The first-order valence-corrected chi connectivity index (χ1v) is 33.1. The van der Waals surface area contributed by atoms with E-state index in [-0.39, 0.29) is 0 Å². The van der Waals surface area contributed by atoms with E-state index in [9.17, 15) is 0 Å². The first-order chi connectivity index (χ1) is 47.6. The van der Waals surface area contributed by atoms with Gasteiger partial charge < -0.3 is 0 Å². The largest absolute Gasteiger partial charge is 0.244 e. The number of nitrogens with zero attached hydrogens (tertiary/aromatic N) is 4. The summed E-state index contributed by atoms with van der Waals surface area (Å²) in [6, 6.07) is 125. The fraction of sp³-hybridized carbons (Fsp3) is 0.0217. The van der Waals surface area contributed by atoms with Crippen molar-refractivity contribution in [3.8, 4) is 101 Å². The summed E-state index contributed by atoms with van der Waals surface area (Å²) in [6.45, 7) is 0. The molecule has 4 nitrogen and oxygen atoms in total. The molecule has 20 rings (SSSR count). The zero-order valence-corrected chi connectivity index (χ0v) is 52.1. The van der Waals surface area contributed by atoms with Gasteiger partial charge in [-0.15, -0.1) is 0 Å². The van der Waals surface area contributed by atoms with Crippen molar-refractivity contribution in [3.05, 3.63) is 384 Å². The molecule has 0 saturated carbocycles. The van der Waals surface area contributed by atoms with Crippen LogP contribution in [0, 0.1) is 0 Å². The van der Waals surface area contributed by atoms with Crippen molar-refractivity contribution < 1.29 is 0 Å². The molecule has 0 bridgehead atoms. The zero-order chi connectivity index (χ0) is 63.1. The van der Waals surface area contributed by atoms with Crippen LogP contribution in [0.4, 0.5) is 0 Å². The fourth-order valence-corrected chi connectivity index (χ4v) is 17.0. The van der Waals surface area contributed by atoms with E-state index >= 15 is 0 Å². The number of rotatable bonds is 7. The first-order valence-electron chi connectivity index (χ1n) is 33.1. The highest BCUT2D eigenvalue weighted by Gasteiger charge is 2.59. The van der Waals surface area contributed by atoms with Gasteiger partial charge in [0.2, 0.25) is 0 Å². The van der Waals surface area contributed by atoms with Crippen LogP contribution in [-0.2, 0) is 10.8 Å². The molecule has 0 unspecified atom stereocenters. The van der Waals surface area contributed by atoms with Crippen LogP contribution in [0.2, 0.25) is 0 Å².